The number of halogens is 2. The fourth-order valence-corrected chi connectivity index (χ4v) is 1.80. The van der Waals surface area contributed by atoms with Gasteiger partial charge in [0.15, 0.2) is 0 Å². The third-order valence-electron chi connectivity index (χ3n) is 2.59. The first-order chi connectivity index (χ1) is 9.16. The Hall–Kier alpha value is -1.94. The third-order valence-corrected chi connectivity index (χ3v) is 2.80. The van der Waals surface area contributed by atoms with Gasteiger partial charge in [0, 0.05) is 6.54 Å². The molecule has 0 bridgehead atoms. The summed E-state index contributed by atoms with van der Waals surface area (Å²) >= 11 is 5.70. The van der Waals surface area contributed by atoms with Gasteiger partial charge in [0.25, 0.3) is 5.91 Å². The Labute approximate surface area is 115 Å². The molecule has 0 aliphatic rings. The van der Waals surface area contributed by atoms with Gasteiger partial charge in [0.2, 0.25) is 0 Å². The molecule has 1 N–H and O–H groups in total. The van der Waals surface area contributed by atoms with Crippen LogP contribution in [-0.2, 0) is 6.42 Å². The molecule has 3 nitrogen and oxygen atoms in total. The highest BCUT2D eigenvalue weighted by Crippen LogP contribution is 2.07. The lowest BCUT2D eigenvalue weighted by molar-refractivity contribution is 0.0949. The minimum absolute atomic E-state index is 0.251. The van der Waals surface area contributed by atoms with E-state index < -0.39 is 0 Å². The van der Waals surface area contributed by atoms with E-state index in [-0.39, 0.29) is 22.6 Å². The lowest BCUT2D eigenvalue weighted by atomic mass is 10.1. The highest BCUT2D eigenvalue weighted by molar-refractivity contribution is 6.29. The predicted octanol–water partition coefficient (Wildman–Crippen LogP) is 2.85. The van der Waals surface area contributed by atoms with Crippen molar-refractivity contribution in [2.75, 3.05) is 6.54 Å². The second kappa shape index (κ2) is 6.29. The summed E-state index contributed by atoms with van der Waals surface area (Å²) in [5.74, 6) is -0.587. The largest absolute Gasteiger partial charge is 0.350 e. The minimum Gasteiger partial charge on any atom is -0.350 e. The molecule has 0 saturated heterocycles. The van der Waals surface area contributed by atoms with Crippen LogP contribution in [0.4, 0.5) is 4.39 Å². The van der Waals surface area contributed by atoms with Gasteiger partial charge in [-0.2, -0.15) is 0 Å². The SMILES string of the molecule is O=C(NCCc1ccccc1F)c1cccc(Cl)n1. The number of carbonyl (C=O) groups excluding carboxylic acids is 1. The Morgan fingerprint density at radius 1 is 1.21 bits per heavy atom. The van der Waals surface area contributed by atoms with Crippen molar-refractivity contribution in [3.8, 4) is 0 Å². The monoisotopic (exact) mass is 278 g/mol. The van der Waals surface area contributed by atoms with Gasteiger partial charge in [-0.05, 0) is 30.2 Å². The zero-order chi connectivity index (χ0) is 13.7. The van der Waals surface area contributed by atoms with Crippen LogP contribution in [0.3, 0.4) is 0 Å². The molecular formula is C14H12ClFN2O. The molecule has 0 unspecified atom stereocenters. The molecule has 0 aliphatic carbocycles. The van der Waals surface area contributed by atoms with E-state index in [1.54, 1.807) is 36.4 Å². The quantitative estimate of drug-likeness (QED) is 0.874. The summed E-state index contributed by atoms with van der Waals surface area (Å²) in [5, 5.41) is 2.94. The predicted molar refractivity (Wildman–Crippen MR) is 71.7 cm³/mol. The second-order valence-electron chi connectivity index (χ2n) is 3.94. The molecule has 0 saturated carbocycles. The van der Waals surface area contributed by atoms with Crippen molar-refractivity contribution < 1.29 is 9.18 Å². The van der Waals surface area contributed by atoms with Crippen LogP contribution in [0.5, 0.6) is 0 Å². The van der Waals surface area contributed by atoms with Crippen molar-refractivity contribution in [3.63, 3.8) is 0 Å². The van der Waals surface area contributed by atoms with Gasteiger partial charge in [-0.3, -0.25) is 4.79 Å². The van der Waals surface area contributed by atoms with Crippen molar-refractivity contribution in [2.45, 2.75) is 6.42 Å². The first-order valence-corrected chi connectivity index (χ1v) is 6.19. The first kappa shape index (κ1) is 13.5. The number of aromatic nitrogens is 1. The number of pyridine rings is 1. The van der Waals surface area contributed by atoms with Gasteiger partial charge >= 0.3 is 0 Å². The summed E-state index contributed by atoms with van der Waals surface area (Å²) in [4.78, 5) is 15.6. The molecular weight excluding hydrogens is 267 g/mol. The number of hydrogen-bond acceptors (Lipinski definition) is 2. The molecule has 1 heterocycles. The van der Waals surface area contributed by atoms with Gasteiger partial charge in [0.1, 0.15) is 16.7 Å². The number of nitrogens with zero attached hydrogens (tertiary/aromatic N) is 1. The Morgan fingerprint density at radius 2 is 2.00 bits per heavy atom. The molecule has 0 fully saturated rings. The van der Waals surface area contributed by atoms with Crippen LogP contribution in [0.2, 0.25) is 5.15 Å². The van der Waals surface area contributed by atoms with E-state index in [2.05, 4.69) is 10.3 Å². The molecule has 2 aromatic rings. The van der Waals surface area contributed by atoms with Crippen LogP contribution in [-0.4, -0.2) is 17.4 Å². The van der Waals surface area contributed by atoms with Crippen molar-refractivity contribution in [1.29, 1.82) is 0 Å². The Kier molecular flexibility index (Phi) is 4.47. The molecule has 19 heavy (non-hydrogen) atoms. The lowest BCUT2D eigenvalue weighted by Gasteiger charge is -2.05. The summed E-state index contributed by atoms with van der Waals surface area (Å²) in [7, 11) is 0. The van der Waals surface area contributed by atoms with Gasteiger partial charge in [-0.1, -0.05) is 35.9 Å². The van der Waals surface area contributed by atoms with Crippen LogP contribution in [0.25, 0.3) is 0 Å². The summed E-state index contributed by atoms with van der Waals surface area (Å²) in [6, 6.07) is 11.3. The van der Waals surface area contributed by atoms with Crippen LogP contribution in [0.15, 0.2) is 42.5 Å². The Bertz CT molecular complexity index is 589. The minimum atomic E-state index is -0.321. The van der Waals surface area contributed by atoms with E-state index in [9.17, 15) is 9.18 Å². The zero-order valence-electron chi connectivity index (χ0n) is 10.1. The maximum Gasteiger partial charge on any atom is 0.269 e. The molecule has 1 amide bonds. The van der Waals surface area contributed by atoms with Gasteiger partial charge < -0.3 is 5.32 Å². The lowest BCUT2D eigenvalue weighted by Crippen LogP contribution is -2.26. The van der Waals surface area contributed by atoms with Gasteiger partial charge in [-0.15, -0.1) is 0 Å². The number of nitrogens with one attached hydrogen (secondary N) is 1. The summed E-state index contributed by atoms with van der Waals surface area (Å²) in [6.45, 7) is 0.341. The Morgan fingerprint density at radius 3 is 2.74 bits per heavy atom. The fraction of sp³-hybridized carbons (Fsp3) is 0.143. The maximum atomic E-state index is 13.3. The molecule has 0 aliphatic heterocycles. The highest BCUT2D eigenvalue weighted by atomic mass is 35.5. The molecule has 5 heteroatoms. The van der Waals surface area contributed by atoms with Crippen molar-refractivity contribution in [2.24, 2.45) is 0 Å². The zero-order valence-corrected chi connectivity index (χ0v) is 10.8. The van der Waals surface area contributed by atoms with E-state index in [0.717, 1.165) is 0 Å². The van der Waals surface area contributed by atoms with Gasteiger partial charge in [0.05, 0.1) is 0 Å². The maximum absolute atomic E-state index is 13.3. The average molecular weight is 279 g/mol. The number of rotatable bonds is 4. The third kappa shape index (κ3) is 3.76. The summed E-state index contributed by atoms with van der Waals surface area (Å²) in [5.41, 5.74) is 0.822. The van der Waals surface area contributed by atoms with Crippen LogP contribution in [0, 0.1) is 5.82 Å². The molecule has 1 aromatic heterocycles. The van der Waals surface area contributed by atoms with Crippen molar-refractivity contribution in [3.05, 3.63) is 64.7 Å². The molecule has 2 rings (SSSR count). The highest BCUT2D eigenvalue weighted by Gasteiger charge is 2.07. The topological polar surface area (TPSA) is 42.0 Å². The number of amides is 1. The summed E-state index contributed by atoms with van der Waals surface area (Å²) < 4.78 is 13.3. The standard InChI is InChI=1S/C14H12ClFN2O/c15-13-7-3-6-12(18-13)14(19)17-9-8-10-4-1-2-5-11(10)16/h1-7H,8-9H2,(H,17,19). The first-order valence-electron chi connectivity index (χ1n) is 5.81. The van der Waals surface area contributed by atoms with E-state index >= 15 is 0 Å². The summed E-state index contributed by atoms with van der Waals surface area (Å²) in [6.07, 6.45) is 0.430. The molecule has 0 atom stereocenters. The van der Waals surface area contributed by atoms with E-state index in [1.165, 1.54) is 6.07 Å². The van der Waals surface area contributed by atoms with E-state index in [4.69, 9.17) is 11.6 Å². The second-order valence-corrected chi connectivity index (χ2v) is 4.33. The van der Waals surface area contributed by atoms with Crippen LogP contribution < -0.4 is 5.32 Å². The van der Waals surface area contributed by atoms with E-state index in [1.807, 2.05) is 0 Å². The van der Waals surface area contributed by atoms with E-state index in [0.29, 0.717) is 18.5 Å². The Balaban J connectivity index is 1.90. The van der Waals surface area contributed by atoms with Gasteiger partial charge in [-0.25, -0.2) is 9.37 Å². The molecule has 0 spiro atoms. The van der Waals surface area contributed by atoms with Crippen LogP contribution in [0.1, 0.15) is 16.1 Å². The number of benzene rings is 1. The van der Waals surface area contributed by atoms with Crippen molar-refractivity contribution >= 4 is 17.5 Å². The van der Waals surface area contributed by atoms with Crippen LogP contribution >= 0.6 is 11.6 Å². The average Bonchev–Trinajstić information content (AvgIpc) is 2.41. The molecule has 1 aromatic carbocycles. The normalized spacial score (nSPS) is 10.2. The number of carbonyl (C=O) groups is 1. The molecule has 98 valence electrons. The number of hydrogen-bond donors (Lipinski definition) is 1. The van der Waals surface area contributed by atoms with Crippen molar-refractivity contribution in [1.82, 2.24) is 10.3 Å². The molecule has 0 radical (unpaired) electrons. The fourth-order valence-electron chi connectivity index (χ4n) is 1.64. The smallest absolute Gasteiger partial charge is 0.269 e.